The third-order valence-electron chi connectivity index (χ3n) is 1.90. The minimum Gasteiger partial charge on any atom is -0.335 e. The van der Waals surface area contributed by atoms with Gasteiger partial charge in [0, 0.05) is 6.54 Å². The molecule has 1 rings (SSSR count). The van der Waals surface area contributed by atoms with E-state index in [9.17, 15) is 9.18 Å². The molecule has 1 saturated heterocycles. The molecule has 0 aliphatic carbocycles. The number of urea groups is 1. The molecule has 0 aromatic heterocycles. The number of nitrogens with zero attached hydrogens (tertiary/aromatic N) is 1. The number of allylic oxidation sites excluding steroid dienone is 1. The number of rotatable bonds is 3. The number of carbonyl (C=O) groups is 1. The quantitative estimate of drug-likeness (QED) is 0.662. The molecule has 0 saturated carbocycles. The summed E-state index contributed by atoms with van der Waals surface area (Å²) in [4.78, 5) is 12.6. The van der Waals surface area contributed by atoms with Gasteiger partial charge in [0.1, 0.15) is 6.17 Å². The van der Waals surface area contributed by atoms with Gasteiger partial charge in [-0.25, -0.2) is 9.18 Å². The molecule has 1 fully saturated rings. The van der Waals surface area contributed by atoms with Crippen LogP contribution in [-0.4, -0.2) is 36.7 Å². The van der Waals surface area contributed by atoms with Crippen molar-refractivity contribution in [3.05, 3.63) is 12.2 Å². The zero-order chi connectivity index (χ0) is 9.68. The van der Waals surface area contributed by atoms with Crippen molar-refractivity contribution in [2.45, 2.75) is 19.5 Å². The largest absolute Gasteiger partial charge is 0.335 e. The average Bonchev–Trinajstić information content (AvgIpc) is 2.07. The van der Waals surface area contributed by atoms with E-state index in [1.54, 1.807) is 0 Å². The summed E-state index contributed by atoms with van der Waals surface area (Å²) >= 11 is 0. The Hall–Kier alpha value is -1.06. The van der Waals surface area contributed by atoms with E-state index >= 15 is 0 Å². The highest BCUT2D eigenvalue weighted by molar-refractivity contribution is 5.75. The summed E-state index contributed by atoms with van der Waals surface area (Å²) in [6.45, 7) is 3.04. The Kier molecular flexibility index (Phi) is 3.73. The molecule has 4 heteroatoms. The maximum atomic E-state index is 12.3. The highest BCUT2D eigenvalue weighted by Crippen LogP contribution is 2.10. The Labute approximate surface area is 77.6 Å². The fourth-order valence-corrected chi connectivity index (χ4v) is 1.10. The molecule has 0 aromatic carbocycles. The molecular weight excluding hydrogens is 171 g/mol. The maximum absolute atomic E-state index is 12.3. The molecular formula is C9H15FN2O. The molecule has 0 bridgehead atoms. The highest BCUT2D eigenvalue weighted by Gasteiger charge is 2.29. The molecule has 0 spiro atoms. The molecule has 0 atom stereocenters. The summed E-state index contributed by atoms with van der Waals surface area (Å²) in [6.07, 6.45) is 4.02. The first-order valence-corrected chi connectivity index (χ1v) is 4.56. The van der Waals surface area contributed by atoms with E-state index in [0.717, 1.165) is 6.42 Å². The van der Waals surface area contributed by atoms with Gasteiger partial charge in [-0.05, 0) is 6.42 Å². The Balaban J connectivity index is 2.08. The number of carbonyl (C=O) groups excluding carboxylic acids is 1. The molecule has 1 aliphatic heterocycles. The minimum atomic E-state index is -0.822. The zero-order valence-electron chi connectivity index (χ0n) is 7.79. The lowest BCUT2D eigenvalue weighted by atomic mass is 10.2. The van der Waals surface area contributed by atoms with E-state index in [0.29, 0.717) is 6.54 Å². The number of nitrogens with one attached hydrogen (secondary N) is 1. The number of hydrogen-bond donors (Lipinski definition) is 1. The molecule has 1 aliphatic rings. The van der Waals surface area contributed by atoms with Crippen LogP contribution in [-0.2, 0) is 0 Å². The van der Waals surface area contributed by atoms with Gasteiger partial charge in [-0.2, -0.15) is 0 Å². The molecule has 74 valence electrons. The average molecular weight is 186 g/mol. The Morgan fingerprint density at radius 1 is 1.62 bits per heavy atom. The van der Waals surface area contributed by atoms with Gasteiger partial charge in [-0.15, -0.1) is 0 Å². The van der Waals surface area contributed by atoms with Gasteiger partial charge < -0.3 is 10.2 Å². The smallest absolute Gasteiger partial charge is 0.317 e. The van der Waals surface area contributed by atoms with Crippen LogP contribution in [0, 0.1) is 0 Å². The van der Waals surface area contributed by atoms with E-state index in [1.165, 1.54) is 4.90 Å². The van der Waals surface area contributed by atoms with Crippen LogP contribution >= 0.6 is 0 Å². The summed E-state index contributed by atoms with van der Waals surface area (Å²) in [5.41, 5.74) is 0. The van der Waals surface area contributed by atoms with Crippen molar-refractivity contribution in [3.63, 3.8) is 0 Å². The number of halogens is 1. The first kappa shape index (κ1) is 10.0. The van der Waals surface area contributed by atoms with Gasteiger partial charge in [-0.3, -0.25) is 0 Å². The molecule has 0 unspecified atom stereocenters. The topological polar surface area (TPSA) is 32.3 Å². The lowest BCUT2D eigenvalue weighted by Crippen LogP contribution is -2.55. The van der Waals surface area contributed by atoms with Crippen LogP contribution in [0.15, 0.2) is 12.2 Å². The fourth-order valence-electron chi connectivity index (χ4n) is 1.10. The van der Waals surface area contributed by atoms with Crippen LogP contribution in [0.5, 0.6) is 0 Å². The second-order valence-electron chi connectivity index (χ2n) is 3.07. The van der Waals surface area contributed by atoms with Crippen LogP contribution < -0.4 is 5.32 Å². The summed E-state index contributed by atoms with van der Waals surface area (Å²) in [5.74, 6) is 0. The van der Waals surface area contributed by atoms with Crippen LogP contribution in [0.25, 0.3) is 0 Å². The normalized spacial score (nSPS) is 17.5. The molecule has 13 heavy (non-hydrogen) atoms. The predicted molar refractivity (Wildman–Crippen MR) is 49.3 cm³/mol. The Bertz CT molecular complexity index is 200. The SMILES string of the molecule is CC/C=C/CNC(=O)N1CC(F)C1. The van der Waals surface area contributed by atoms with Gasteiger partial charge in [0.2, 0.25) is 0 Å². The van der Waals surface area contributed by atoms with Crippen molar-refractivity contribution in [3.8, 4) is 0 Å². The number of alkyl halides is 1. The number of likely N-dealkylation sites (tertiary alicyclic amines) is 1. The van der Waals surface area contributed by atoms with Crippen molar-refractivity contribution >= 4 is 6.03 Å². The third-order valence-corrected chi connectivity index (χ3v) is 1.90. The van der Waals surface area contributed by atoms with Crippen molar-refractivity contribution in [1.82, 2.24) is 10.2 Å². The van der Waals surface area contributed by atoms with E-state index < -0.39 is 6.17 Å². The molecule has 1 N–H and O–H groups in total. The van der Waals surface area contributed by atoms with Gasteiger partial charge in [0.15, 0.2) is 0 Å². The molecule has 3 nitrogen and oxygen atoms in total. The van der Waals surface area contributed by atoms with Gasteiger partial charge in [0.05, 0.1) is 13.1 Å². The van der Waals surface area contributed by atoms with Crippen molar-refractivity contribution in [2.75, 3.05) is 19.6 Å². The standard InChI is InChI=1S/C9H15FN2O/c1-2-3-4-5-11-9(13)12-6-8(10)7-12/h3-4,8H,2,5-7H2,1H3,(H,11,13)/b4-3+. The van der Waals surface area contributed by atoms with Crippen LogP contribution in [0.3, 0.4) is 0 Å². The Morgan fingerprint density at radius 3 is 2.85 bits per heavy atom. The van der Waals surface area contributed by atoms with Gasteiger partial charge in [-0.1, -0.05) is 19.1 Å². The first-order chi connectivity index (χ1) is 6.24. The van der Waals surface area contributed by atoms with Crippen LogP contribution in [0.2, 0.25) is 0 Å². The number of amides is 2. The number of hydrogen-bond acceptors (Lipinski definition) is 1. The summed E-state index contributed by atoms with van der Waals surface area (Å²) in [6, 6.07) is -0.172. The summed E-state index contributed by atoms with van der Waals surface area (Å²) in [7, 11) is 0. The van der Waals surface area contributed by atoms with E-state index in [4.69, 9.17) is 0 Å². The zero-order valence-corrected chi connectivity index (χ0v) is 7.79. The highest BCUT2D eigenvalue weighted by atomic mass is 19.1. The van der Waals surface area contributed by atoms with E-state index in [1.807, 2.05) is 19.1 Å². The van der Waals surface area contributed by atoms with Crippen LogP contribution in [0.4, 0.5) is 9.18 Å². The first-order valence-electron chi connectivity index (χ1n) is 4.56. The second-order valence-corrected chi connectivity index (χ2v) is 3.07. The van der Waals surface area contributed by atoms with E-state index in [2.05, 4.69) is 5.32 Å². The summed E-state index contributed by atoms with van der Waals surface area (Å²) in [5, 5.41) is 2.67. The molecule has 0 radical (unpaired) electrons. The lowest BCUT2D eigenvalue weighted by molar-refractivity contribution is 0.0904. The monoisotopic (exact) mass is 186 g/mol. The van der Waals surface area contributed by atoms with E-state index in [-0.39, 0.29) is 19.1 Å². The van der Waals surface area contributed by atoms with Crippen molar-refractivity contribution in [2.24, 2.45) is 0 Å². The van der Waals surface area contributed by atoms with Crippen molar-refractivity contribution in [1.29, 1.82) is 0 Å². The van der Waals surface area contributed by atoms with Gasteiger partial charge in [0.25, 0.3) is 0 Å². The second kappa shape index (κ2) is 4.84. The van der Waals surface area contributed by atoms with Crippen molar-refractivity contribution < 1.29 is 9.18 Å². The lowest BCUT2D eigenvalue weighted by Gasteiger charge is -2.34. The molecule has 2 amide bonds. The molecule has 1 heterocycles. The fraction of sp³-hybridized carbons (Fsp3) is 0.667. The Morgan fingerprint density at radius 2 is 2.31 bits per heavy atom. The summed E-state index contributed by atoms with van der Waals surface area (Å²) < 4.78 is 12.3. The predicted octanol–water partition coefficient (Wildman–Crippen LogP) is 1.32. The maximum Gasteiger partial charge on any atom is 0.317 e. The molecule has 0 aromatic rings. The minimum absolute atomic E-state index is 0.172. The van der Waals surface area contributed by atoms with Gasteiger partial charge >= 0.3 is 6.03 Å². The third kappa shape index (κ3) is 3.05. The van der Waals surface area contributed by atoms with Crippen LogP contribution in [0.1, 0.15) is 13.3 Å².